The van der Waals surface area contributed by atoms with Crippen LogP contribution in [-0.2, 0) is 11.3 Å². The number of aliphatic hydroxyl groups excluding tert-OH is 1. The van der Waals surface area contributed by atoms with Crippen molar-refractivity contribution in [3.05, 3.63) is 58.0 Å². The Morgan fingerprint density at radius 1 is 1.12 bits per heavy atom. The highest BCUT2D eigenvalue weighted by molar-refractivity contribution is 5.94. The van der Waals surface area contributed by atoms with Crippen LogP contribution in [-0.4, -0.2) is 71.1 Å². The summed E-state index contributed by atoms with van der Waals surface area (Å²) >= 11 is 0. The summed E-state index contributed by atoms with van der Waals surface area (Å²) in [6.45, 7) is 5.61. The zero-order valence-corrected chi connectivity index (χ0v) is 20.3. The number of aliphatic hydroxyl groups is 1. The van der Waals surface area contributed by atoms with Crippen LogP contribution >= 0.6 is 0 Å². The van der Waals surface area contributed by atoms with E-state index in [-0.39, 0.29) is 41.9 Å². The normalized spacial score (nSPS) is 23.4. The Hall–Kier alpha value is -2.97. The van der Waals surface area contributed by atoms with Gasteiger partial charge in [-0.2, -0.15) is 0 Å². The summed E-state index contributed by atoms with van der Waals surface area (Å²) in [4.78, 5) is 42.3. The molecule has 2 aliphatic heterocycles. The van der Waals surface area contributed by atoms with E-state index >= 15 is 0 Å². The zero-order valence-electron chi connectivity index (χ0n) is 20.3. The van der Waals surface area contributed by atoms with Crippen molar-refractivity contribution >= 4 is 11.8 Å². The van der Waals surface area contributed by atoms with Gasteiger partial charge in [0, 0.05) is 62.4 Å². The molecule has 2 aromatic rings. The molecular weight excluding hydrogens is 432 g/mol. The van der Waals surface area contributed by atoms with Gasteiger partial charge in [0.25, 0.3) is 11.5 Å². The van der Waals surface area contributed by atoms with Crippen LogP contribution in [0.15, 0.2) is 41.2 Å². The zero-order chi connectivity index (χ0) is 24.6. The second kappa shape index (κ2) is 9.72. The third-order valence-corrected chi connectivity index (χ3v) is 7.14. The smallest absolute Gasteiger partial charge is 0.258 e. The Labute approximate surface area is 200 Å². The Bertz CT molecular complexity index is 1120. The fraction of sp³-hybridized carbons (Fsp3) is 0.500. The van der Waals surface area contributed by atoms with Gasteiger partial charge in [-0.25, -0.2) is 0 Å². The Kier molecular flexibility index (Phi) is 6.91. The second-order valence-electron chi connectivity index (χ2n) is 9.40. The van der Waals surface area contributed by atoms with Gasteiger partial charge in [-0.15, -0.1) is 0 Å². The van der Waals surface area contributed by atoms with Crippen molar-refractivity contribution in [1.82, 2.24) is 19.7 Å². The summed E-state index contributed by atoms with van der Waals surface area (Å²) in [5.74, 6) is -0.380. The molecular formula is C26H34N4O4. The predicted molar refractivity (Wildman–Crippen MR) is 130 cm³/mol. The van der Waals surface area contributed by atoms with Crippen LogP contribution in [0.25, 0.3) is 11.1 Å². The summed E-state index contributed by atoms with van der Waals surface area (Å²) in [6.07, 6.45) is 0.873. The highest BCUT2D eigenvalue weighted by atomic mass is 16.3. The number of likely N-dealkylation sites (N-methyl/N-ethyl adjacent to an activating group) is 1. The number of rotatable bonds is 7. The van der Waals surface area contributed by atoms with Crippen molar-refractivity contribution in [2.24, 2.45) is 11.8 Å². The number of amides is 2. The Balaban J connectivity index is 1.70. The molecule has 4 rings (SSSR count). The van der Waals surface area contributed by atoms with Gasteiger partial charge in [-0.1, -0.05) is 19.1 Å². The standard InChI is InChI=1S/C26H34N4O4/c1-5-13-29-22-19(20(15-31)23(29)24(32)27-6-2)14-30-21(22)12-11-18(26(30)34)16-7-9-17(10-8-16)25(33)28(3)4/h7-12,19-20,22-23,31H,5-6,13-15H2,1-4H3,(H,27,32)/t19-,20-,22+,23-/m1/s1. The van der Waals surface area contributed by atoms with Gasteiger partial charge >= 0.3 is 0 Å². The fourth-order valence-electron chi connectivity index (χ4n) is 5.67. The highest BCUT2D eigenvalue weighted by Crippen LogP contribution is 2.49. The van der Waals surface area contributed by atoms with Crippen LogP contribution in [0.5, 0.6) is 0 Å². The van der Waals surface area contributed by atoms with Crippen LogP contribution in [0.1, 0.15) is 42.4 Å². The van der Waals surface area contributed by atoms with Crippen molar-refractivity contribution in [1.29, 1.82) is 0 Å². The molecule has 0 bridgehead atoms. The van der Waals surface area contributed by atoms with Gasteiger partial charge in [0.05, 0.1) is 12.1 Å². The number of likely N-dealkylation sites (tertiary alicyclic amines) is 1. The molecule has 0 radical (unpaired) electrons. The number of pyridine rings is 1. The van der Waals surface area contributed by atoms with Crippen LogP contribution in [0, 0.1) is 11.8 Å². The van der Waals surface area contributed by atoms with E-state index in [0.717, 1.165) is 24.2 Å². The van der Waals surface area contributed by atoms with Crippen LogP contribution in [0.3, 0.4) is 0 Å². The van der Waals surface area contributed by atoms with Gasteiger partial charge in [0.1, 0.15) is 0 Å². The summed E-state index contributed by atoms with van der Waals surface area (Å²) in [5.41, 5.74) is 2.73. The molecule has 1 fully saturated rings. The van der Waals surface area contributed by atoms with Crippen molar-refractivity contribution in [2.45, 2.75) is 38.9 Å². The number of fused-ring (bicyclic) bond motifs is 3. The Morgan fingerprint density at radius 3 is 2.41 bits per heavy atom. The van der Waals surface area contributed by atoms with E-state index < -0.39 is 6.04 Å². The molecule has 1 aromatic carbocycles. The van der Waals surface area contributed by atoms with E-state index in [1.165, 1.54) is 4.90 Å². The minimum Gasteiger partial charge on any atom is -0.396 e. The minimum atomic E-state index is -0.398. The van der Waals surface area contributed by atoms with Gasteiger partial charge in [-0.3, -0.25) is 19.3 Å². The van der Waals surface area contributed by atoms with E-state index in [1.54, 1.807) is 38.4 Å². The maximum absolute atomic E-state index is 13.5. The molecule has 34 heavy (non-hydrogen) atoms. The van der Waals surface area contributed by atoms with E-state index in [2.05, 4.69) is 17.1 Å². The molecule has 2 N–H and O–H groups in total. The highest BCUT2D eigenvalue weighted by Gasteiger charge is 2.55. The largest absolute Gasteiger partial charge is 0.396 e. The minimum absolute atomic E-state index is 0.00723. The predicted octanol–water partition coefficient (Wildman–Crippen LogP) is 1.73. The number of carbonyl (C=O) groups is 2. The van der Waals surface area contributed by atoms with Crippen LogP contribution < -0.4 is 10.9 Å². The van der Waals surface area contributed by atoms with E-state index in [1.807, 2.05) is 23.6 Å². The van der Waals surface area contributed by atoms with E-state index in [4.69, 9.17) is 0 Å². The topological polar surface area (TPSA) is 94.9 Å². The van der Waals surface area contributed by atoms with E-state index in [9.17, 15) is 19.5 Å². The third-order valence-electron chi connectivity index (χ3n) is 7.14. The molecule has 8 nitrogen and oxygen atoms in total. The molecule has 2 amide bonds. The van der Waals surface area contributed by atoms with Crippen LogP contribution in [0.4, 0.5) is 0 Å². The molecule has 1 saturated heterocycles. The third kappa shape index (κ3) is 3.95. The molecule has 3 heterocycles. The number of benzene rings is 1. The summed E-state index contributed by atoms with van der Waals surface area (Å²) in [6, 6.07) is 10.4. The Morgan fingerprint density at radius 2 is 1.82 bits per heavy atom. The first-order valence-electron chi connectivity index (χ1n) is 12.0. The monoisotopic (exact) mass is 466 g/mol. The number of hydrogen-bond acceptors (Lipinski definition) is 5. The average Bonchev–Trinajstić information content (AvgIpc) is 3.35. The summed E-state index contributed by atoms with van der Waals surface area (Å²) < 4.78 is 1.81. The van der Waals surface area contributed by atoms with Crippen molar-refractivity contribution in [2.75, 3.05) is 33.8 Å². The molecule has 0 saturated carbocycles. The maximum Gasteiger partial charge on any atom is 0.258 e. The maximum atomic E-state index is 13.5. The number of nitrogens with zero attached hydrogens (tertiary/aromatic N) is 3. The first kappa shape index (κ1) is 24.2. The molecule has 8 heteroatoms. The van der Waals surface area contributed by atoms with E-state index in [0.29, 0.717) is 24.2 Å². The lowest BCUT2D eigenvalue weighted by Gasteiger charge is -2.30. The van der Waals surface area contributed by atoms with Crippen molar-refractivity contribution < 1.29 is 14.7 Å². The summed E-state index contributed by atoms with van der Waals surface area (Å²) in [7, 11) is 3.41. The van der Waals surface area contributed by atoms with Gasteiger partial charge in [-0.05, 0) is 49.7 Å². The number of carbonyl (C=O) groups excluding carboxylic acids is 2. The van der Waals surface area contributed by atoms with Gasteiger partial charge < -0.3 is 19.9 Å². The molecule has 0 unspecified atom stereocenters. The molecule has 0 aliphatic carbocycles. The van der Waals surface area contributed by atoms with Crippen LogP contribution in [0.2, 0.25) is 0 Å². The molecule has 0 spiro atoms. The fourth-order valence-corrected chi connectivity index (χ4v) is 5.67. The average molecular weight is 467 g/mol. The lowest BCUT2D eigenvalue weighted by atomic mass is 9.88. The lowest BCUT2D eigenvalue weighted by molar-refractivity contribution is -0.127. The summed E-state index contributed by atoms with van der Waals surface area (Å²) in [5, 5.41) is 13.2. The second-order valence-corrected chi connectivity index (χ2v) is 9.40. The first-order valence-corrected chi connectivity index (χ1v) is 12.0. The number of nitrogens with one attached hydrogen (secondary N) is 1. The molecule has 182 valence electrons. The molecule has 1 aromatic heterocycles. The molecule has 2 aliphatic rings. The first-order chi connectivity index (χ1) is 16.3. The lowest BCUT2D eigenvalue weighted by Crippen LogP contribution is -2.48. The number of hydrogen-bond donors (Lipinski definition) is 2. The SMILES string of the molecule is CCCN1[C@@H]2c3ccc(-c4ccc(C(=O)N(C)C)cc4)c(=O)n3C[C@@H]2[C@@H](CO)[C@@H]1C(=O)NCC. The van der Waals surface area contributed by atoms with Gasteiger partial charge in [0.2, 0.25) is 5.91 Å². The number of aromatic nitrogens is 1. The van der Waals surface area contributed by atoms with Crippen molar-refractivity contribution in [3.8, 4) is 11.1 Å². The molecule has 4 atom stereocenters. The quantitative estimate of drug-likeness (QED) is 0.648. The van der Waals surface area contributed by atoms with Crippen molar-refractivity contribution in [3.63, 3.8) is 0 Å². The van der Waals surface area contributed by atoms with Gasteiger partial charge in [0.15, 0.2) is 0 Å².